The van der Waals surface area contributed by atoms with E-state index in [0.29, 0.717) is 40.6 Å². The topological polar surface area (TPSA) is 118 Å². The van der Waals surface area contributed by atoms with Gasteiger partial charge in [0.1, 0.15) is 11.5 Å². The van der Waals surface area contributed by atoms with Crippen LogP contribution in [0.15, 0.2) is 112 Å². The van der Waals surface area contributed by atoms with Crippen LogP contribution in [0.3, 0.4) is 0 Å². The largest absolute Gasteiger partial charge is 0.493 e. The first-order valence-corrected chi connectivity index (χ1v) is 16.2. The van der Waals surface area contributed by atoms with Crippen LogP contribution in [0.5, 0.6) is 17.4 Å². The van der Waals surface area contributed by atoms with E-state index in [2.05, 4.69) is 15.5 Å². The number of nitrogens with zero attached hydrogens (tertiary/aromatic N) is 4. The Kier molecular flexibility index (Phi) is 9.10. The molecular formula is C32H28ClN5O5S2. The molecule has 10 nitrogen and oxygen atoms in total. The highest BCUT2D eigenvalue weighted by Gasteiger charge is 2.28. The van der Waals surface area contributed by atoms with Gasteiger partial charge in [-0.2, -0.15) is 4.31 Å². The minimum absolute atomic E-state index is 0.0434. The second-order valence-corrected chi connectivity index (χ2v) is 12.9. The van der Waals surface area contributed by atoms with Gasteiger partial charge in [0, 0.05) is 29.2 Å². The molecule has 45 heavy (non-hydrogen) atoms. The van der Waals surface area contributed by atoms with E-state index in [-0.39, 0.29) is 41.2 Å². The van der Waals surface area contributed by atoms with Crippen molar-refractivity contribution in [3.8, 4) is 17.4 Å². The molecule has 2 N–H and O–H groups in total. The van der Waals surface area contributed by atoms with Crippen molar-refractivity contribution in [2.45, 2.75) is 11.4 Å². The lowest BCUT2D eigenvalue weighted by atomic mass is 10.2. The van der Waals surface area contributed by atoms with E-state index >= 15 is 0 Å². The lowest BCUT2D eigenvalue weighted by Gasteiger charge is -2.26. The number of aromatic nitrogens is 1. The standard InChI is InChI=1S/C32H28ClN5O5S2/c33-23-8-6-22(7-9-23)21-38-29-15-14-27(45(40,41)37-16-18-42-19-17-37)20-28(29)30(31(38)39)35-36-32(44)34-24-10-12-26(13-11-24)43-25-4-2-1-3-5-25/h1-15,20,39H,16-19,21H2,(H,34,44). The van der Waals surface area contributed by atoms with Crippen molar-refractivity contribution in [2.24, 2.45) is 10.2 Å². The van der Waals surface area contributed by atoms with Crippen LogP contribution in [0.1, 0.15) is 5.56 Å². The summed E-state index contributed by atoms with van der Waals surface area (Å²) in [7, 11) is -3.81. The molecule has 1 saturated heterocycles. The summed E-state index contributed by atoms with van der Waals surface area (Å²) in [6.07, 6.45) is 0. The van der Waals surface area contributed by atoms with Crippen LogP contribution in [-0.4, -0.2) is 53.8 Å². The normalized spacial score (nSPS) is 14.2. The maximum absolute atomic E-state index is 13.4. The van der Waals surface area contributed by atoms with Gasteiger partial charge in [-0.25, -0.2) is 8.42 Å². The van der Waals surface area contributed by atoms with Crippen molar-refractivity contribution >= 4 is 61.2 Å². The number of fused-ring (bicyclic) bond motifs is 1. The van der Waals surface area contributed by atoms with Gasteiger partial charge in [-0.1, -0.05) is 41.9 Å². The maximum atomic E-state index is 13.4. The Hall–Kier alpha value is -4.33. The highest BCUT2D eigenvalue weighted by molar-refractivity contribution is 7.89. The van der Waals surface area contributed by atoms with E-state index in [4.69, 9.17) is 33.3 Å². The molecule has 2 heterocycles. The van der Waals surface area contributed by atoms with Crippen molar-refractivity contribution < 1.29 is 23.0 Å². The first-order chi connectivity index (χ1) is 21.8. The van der Waals surface area contributed by atoms with E-state index in [1.807, 2.05) is 42.5 Å². The molecule has 0 radical (unpaired) electrons. The van der Waals surface area contributed by atoms with Crippen molar-refractivity contribution in [2.75, 3.05) is 31.6 Å². The molecule has 0 spiro atoms. The third-order valence-electron chi connectivity index (χ3n) is 7.17. The summed E-state index contributed by atoms with van der Waals surface area (Å²) in [5, 5.41) is 23.8. The molecule has 4 aromatic carbocycles. The van der Waals surface area contributed by atoms with Crippen LogP contribution in [0.25, 0.3) is 10.9 Å². The van der Waals surface area contributed by atoms with Gasteiger partial charge in [0.2, 0.25) is 21.0 Å². The predicted octanol–water partition coefficient (Wildman–Crippen LogP) is 7.34. The van der Waals surface area contributed by atoms with Gasteiger partial charge in [0.25, 0.3) is 0 Å². The van der Waals surface area contributed by atoms with Gasteiger partial charge >= 0.3 is 0 Å². The molecule has 230 valence electrons. The Labute approximate surface area is 270 Å². The van der Waals surface area contributed by atoms with Crippen molar-refractivity contribution in [3.05, 3.63) is 108 Å². The SMILES string of the molecule is O=S(=O)(c1ccc2c(c1)c(N=NC(=S)Nc1ccc(Oc3ccccc3)cc1)c(O)n2Cc1ccc(Cl)cc1)N1CCOCC1. The van der Waals surface area contributed by atoms with Crippen LogP contribution in [-0.2, 0) is 21.3 Å². The second kappa shape index (κ2) is 13.3. The first-order valence-electron chi connectivity index (χ1n) is 14.0. The number of nitrogens with one attached hydrogen (secondary N) is 1. The smallest absolute Gasteiger partial charge is 0.243 e. The maximum Gasteiger partial charge on any atom is 0.243 e. The number of rotatable bonds is 8. The van der Waals surface area contributed by atoms with E-state index in [0.717, 1.165) is 11.3 Å². The Morgan fingerprint density at radius 3 is 2.36 bits per heavy atom. The minimum atomic E-state index is -3.81. The molecule has 5 aromatic rings. The lowest BCUT2D eigenvalue weighted by molar-refractivity contribution is 0.0730. The number of benzene rings is 4. The summed E-state index contributed by atoms with van der Waals surface area (Å²) >= 11 is 11.5. The summed E-state index contributed by atoms with van der Waals surface area (Å²) in [5.41, 5.74) is 2.20. The van der Waals surface area contributed by atoms with E-state index < -0.39 is 10.0 Å². The van der Waals surface area contributed by atoms with Crippen LogP contribution in [0.2, 0.25) is 5.02 Å². The summed E-state index contributed by atoms with van der Waals surface area (Å²) < 4.78 is 41.1. The van der Waals surface area contributed by atoms with Crippen LogP contribution >= 0.6 is 23.8 Å². The van der Waals surface area contributed by atoms with Crippen molar-refractivity contribution in [1.29, 1.82) is 0 Å². The van der Waals surface area contributed by atoms with Crippen LogP contribution < -0.4 is 10.1 Å². The molecule has 1 aromatic heterocycles. The van der Waals surface area contributed by atoms with Crippen molar-refractivity contribution in [1.82, 2.24) is 8.87 Å². The van der Waals surface area contributed by atoms with E-state index in [1.165, 1.54) is 16.4 Å². The number of hydrogen-bond acceptors (Lipinski definition) is 7. The number of morpholine rings is 1. The first kappa shape index (κ1) is 30.7. The highest BCUT2D eigenvalue weighted by atomic mass is 35.5. The number of hydrogen-bond donors (Lipinski definition) is 2. The van der Waals surface area contributed by atoms with Gasteiger partial charge in [-0.3, -0.25) is 0 Å². The Bertz CT molecular complexity index is 1960. The van der Waals surface area contributed by atoms with Gasteiger partial charge in [0.15, 0.2) is 5.69 Å². The summed E-state index contributed by atoms with van der Waals surface area (Å²) in [5.74, 6) is 1.19. The molecule has 0 aliphatic carbocycles. The number of aromatic hydroxyl groups is 1. The second-order valence-electron chi connectivity index (χ2n) is 10.1. The van der Waals surface area contributed by atoms with E-state index in [9.17, 15) is 13.5 Å². The Morgan fingerprint density at radius 1 is 0.956 bits per heavy atom. The molecule has 0 amide bonds. The zero-order valence-corrected chi connectivity index (χ0v) is 26.2. The Morgan fingerprint density at radius 2 is 1.64 bits per heavy atom. The monoisotopic (exact) mass is 661 g/mol. The number of thiocarbonyl (C=S) groups is 1. The van der Waals surface area contributed by atoms with Gasteiger partial charge in [-0.05, 0) is 84.5 Å². The molecule has 1 aliphatic heterocycles. The van der Waals surface area contributed by atoms with Crippen molar-refractivity contribution in [3.63, 3.8) is 0 Å². The van der Waals surface area contributed by atoms with Gasteiger partial charge in [0.05, 0.1) is 30.2 Å². The fraction of sp³-hybridized carbons (Fsp3) is 0.156. The number of sulfonamides is 1. The lowest BCUT2D eigenvalue weighted by Crippen LogP contribution is -2.40. The number of para-hydroxylation sites is 1. The molecule has 1 fully saturated rings. The third-order valence-corrected chi connectivity index (χ3v) is 9.50. The minimum Gasteiger partial charge on any atom is -0.493 e. The fourth-order valence-corrected chi connectivity index (χ4v) is 6.62. The van der Waals surface area contributed by atoms with Gasteiger partial charge in [-0.15, -0.1) is 10.2 Å². The fourth-order valence-electron chi connectivity index (χ4n) is 4.90. The zero-order valence-electron chi connectivity index (χ0n) is 23.8. The Balaban J connectivity index is 1.28. The summed E-state index contributed by atoms with van der Waals surface area (Å²) in [6, 6.07) is 28.5. The third kappa shape index (κ3) is 7.00. The molecule has 6 rings (SSSR count). The number of azo groups is 1. The zero-order chi connectivity index (χ0) is 31.4. The van der Waals surface area contributed by atoms with Gasteiger partial charge < -0.3 is 24.5 Å². The number of halogens is 1. The molecule has 0 saturated carbocycles. The molecule has 0 unspecified atom stereocenters. The molecular weight excluding hydrogens is 634 g/mol. The highest BCUT2D eigenvalue weighted by Crippen LogP contribution is 2.41. The van der Waals surface area contributed by atoms with Crippen LogP contribution in [0, 0.1) is 0 Å². The molecule has 13 heteroatoms. The molecule has 1 aliphatic rings. The molecule has 0 bridgehead atoms. The quantitative estimate of drug-likeness (QED) is 0.132. The number of anilines is 1. The predicted molar refractivity (Wildman–Crippen MR) is 177 cm³/mol. The molecule has 0 atom stereocenters. The average Bonchev–Trinajstić information content (AvgIpc) is 3.32. The van der Waals surface area contributed by atoms with E-state index in [1.54, 1.807) is 47.0 Å². The van der Waals surface area contributed by atoms with Crippen LogP contribution in [0.4, 0.5) is 11.4 Å². The summed E-state index contributed by atoms with van der Waals surface area (Å²) in [6.45, 7) is 1.45. The average molecular weight is 662 g/mol. The summed E-state index contributed by atoms with van der Waals surface area (Å²) in [4.78, 5) is 0.0792. The number of ether oxygens (including phenoxy) is 2.